The maximum Gasteiger partial charge on any atom is 0.223 e. The summed E-state index contributed by atoms with van der Waals surface area (Å²) in [7, 11) is 0. The topological polar surface area (TPSA) is 56.0 Å². The van der Waals surface area contributed by atoms with Crippen LogP contribution >= 0.6 is 11.3 Å². The molecule has 1 heterocycles. The van der Waals surface area contributed by atoms with Crippen LogP contribution < -0.4 is 5.73 Å². The summed E-state index contributed by atoms with van der Waals surface area (Å²) in [5.41, 5.74) is 7.86. The van der Waals surface area contributed by atoms with Crippen molar-refractivity contribution in [3.8, 4) is 0 Å². The molecule has 0 saturated heterocycles. The lowest BCUT2D eigenvalue weighted by molar-refractivity contribution is -0.154. The summed E-state index contributed by atoms with van der Waals surface area (Å²) in [6.45, 7) is 0. The number of primary amides is 1. The first-order valence-electron chi connectivity index (χ1n) is 7.27. The number of hydrogen-bond acceptors (Lipinski definition) is 3. The van der Waals surface area contributed by atoms with Crippen LogP contribution in [-0.2, 0) is 11.2 Å². The molecule has 4 bridgehead atoms. The van der Waals surface area contributed by atoms with Crippen LogP contribution in [0.15, 0.2) is 11.7 Å². The fraction of sp³-hybridized carbons (Fsp3) is 0.733. The molecule has 2 N–H and O–H groups in total. The highest BCUT2D eigenvalue weighted by Crippen LogP contribution is 2.66. The number of hydrogen-bond donors (Lipinski definition) is 1. The quantitative estimate of drug-likeness (QED) is 0.923. The number of aromatic nitrogens is 1. The predicted molar refractivity (Wildman–Crippen MR) is 74.6 cm³/mol. The molecule has 4 fully saturated rings. The van der Waals surface area contributed by atoms with Crippen molar-refractivity contribution in [2.45, 2.75) is 44.9 Å². The first-order valence-corrected chi connectivity index (χ1v) is 8.15. The number of carbonyl (C=O) groups is 1. The van der Waals surface area contributed by atoms with E-state index in [1.807, 2.05) is 11.7 Å². The molecule has 19 heavy (non-hydrogen) atoms. The van der Waals surface area contributed by atoms with E-state index in [0.29, 0.717) is 5.41 Å². The normalized spacial score (nSPS) is 43.6. The van der Waals surface area contributed by atoms with E-state index in [1.165, 1.54) is 24.1 Å². The Bertz CT molecular complexity index is 496. The van der Waals surface area contributed by atoms with Crippen LogP contribution in [-0.4, -0.2) is 10.9 Å². The molecule has 4 aliphatic rings. The highest BCUT2D eigenvalue weighted by atomic mass is 32.1. The van der Waals surface area contributed by atoms with Gasteiger partial charge in [-0.2, -0.15) is 0 Å². The van der Waals surface area contributed by atoms with Gasteiger partial charge in [0.25, 0.3) is 0 Å². The highest BCUT2D eigenvalue weighted by Gasteiger charge is 2.59. The summed E-state index contributed by atoms with van der Waals surface area (Å²) in [5.74, 6) is 1.44. The lowest BCUT2D eigenvalue weighted by Gasteiger charge is -2.61. The Morgan fingerprint density at radius 3 is 2.68 bits per heavy atom. The molecular weight excluding hydrogens is 256 g/mol. The van der Waals surface area contributed by atoms with Gasteiger partial charge in [-0.3, -0.25) is 9.78 Å². The summed E-state index contributed by atoms with van der Waals surface area (Å²) in [5, 5.41) is 0. The summed E-state index contributed by atoms with van der Waals surface area (Å²) < 4.78 is 0. The first kappa shape index (κ1) is 11.9. The molecule has 0 aromatic carbocycles. The van der Waals surface area contributed by atoms with E-state index in [1.54, 1.807) is 11.3 Å². The van der Waals surface area contributed by atoms with Gasteiger partial charge >= 0.3 is 0 Å². The molecule has 2 atom stereocenters. The molecule has 0 aliphatic heterocycles. The van der Waals surface area contributed by atoms with Crippen LogP contribution in [0.25, 0.3) is 0 Å². The van der Waals surface area contributed by atoms with Crippen molar-refractivity contribution in [3.63, 3.8) is 0 Å². The van der Waals surface area contributed by atoms with E-state index < -0.39 is 0 Å². The zero-order valence-electron chi connectivity index (χ0n) is 11.1. The number of amides is 1. The number of nitrogens with zero attached hydrogens (tertiary/aromatic N) is 1. The molecule has 1 amide bonds. The zero-order valence-corrected chi connectivity index (χ0v) is 11.9. The first-order chi connectivity index (χ1) is 9.09. The van der Waals surface area contributed by atoms with Gasteiger partial charge in [0.1, 0.15) is 0 Å². The fourth-order valence-electron chi connectivity index (χ4n) is 5.65. The Morgan fingerprint density at radius 2 is 2.11 bits per heavy atom. The average molecular weight is 276 g/mol. The molecule has 4 heteroatoms. The van der Waals surface area contributed by atoms with Crippen molar-refractivity contribution in [3.05, 3.63) is 16.6 Å². The summed E-state index contributed by atoms with van der Waals surface area (Å²) in [6.07, 6.45) is 10.2. The van der Waals surface area contributed by atoms with Crippen molar-refractivity contribution in [1.29, 1.82) is 0 Å². The van der Waals surface area contributed by atoms with Gasteiger partial charge in [0, 0.05) is 11.1 Å². The predicted octanol–water partition coefficient (Wildman–Crippen LogP) is 2.76. The maximum absolute atomic E-state index is 12.0. The molecule has 0 radical (unpaired) electrons. The third-order valence-corrected chi connectivity index (χ3v) is 6.52. The smallest absolute Gasteiger partial charge is 0.223 e. The van der Waals surface area contributed by atoms with Crippen LogP contribution in [0.3, 0.4) is 0 Å². The Hall–Kier alpha value is -0.900. The van der Waals surface area contributed by atoms with Crippen LogP contribution in [0, 0.1) is 22.7 Å². The minimum atomic E-state index is -0.172. The Balaban J connectivity index is 1.68. The van der Waals surface area contributed by atoms with Gasteiger partial charge in [0.05, 0.1) is 10.9 Å². The second kappa shape index (κ2) is 3.81. The lowest BCUT2D eigenvalue weighted by Crippen LogP contribution is -2.57. The molecule has 0 spiro atoms. The molecule has 102 valence electrons. The number of nitrogens with two attached hydrogens (primary N) is 1. The molecule has 2 unspecified atom stereocenters. The number of carbonyl (C=O) groups excluding carboxylic acids is 1. The van der Waals surface area contributed by atoms with Gasteiger partial charge in [0.2, 0.25) is 5.91 Å². The van der Waals surface area contributed by atoms with Crippen LogP contribution in [0.1, 0.15) is 43.4 Å². The standard InChI is InChI=1S/C15H20N2OS/c16-13(18)15-4-10-1-11(5-15)3-14(2-10,8-15)6-12-7-17-9-19-12/h7,9-11H,1-6,8H2,(H2,16,18). The Morgan fingerprint density at radius 1 is 1.37 bits per heavy atom. The summed E-state index contributed by atoms with van der Waals surface area (Å²) in [4.78, 5) is 17.6. The van der Waals surface area contributed by atoms with Gasteiger partial charge in [-0.05, 0) is 62.2 Å². The van der Waals surface area contributed by atoms with Gasteiger partial charge in [-0.15, -0.1) is 11.3 Å². The van der Waals surface area contributed by atoms with E-state index in [4.69, 9.17) is 5.73 Å². The third kappa shape index (κ3) is 1.76. The average Bonchev–Trinajstić information content (AvgIpc) is 2.78. The van der Waals surface area contributed by atoms with Crippen molar-refractivity contribution in [2.24, 2.45) is 28.4 Å². The summed E-state index contributed by atoms with van der Waals surface area (Å²) >= 11 is 1.75. The number of rotatable bonds is 3. The third-order valence-electron chi connectivity index (χ3n) is 5.74. The molecular formula is C15H20N2OS. The minimum Gasteiger partial charge on any atom is -0.369 e. The summed E-state index contributed by atoms with van der Waals surface area (Å²) in [6, 6.07) is 0. The number of thiazole rings is 1. The molecule has 5 rings (SSSR count). The monoisotopic (exact) mass is 276 g/mol. The van der Waals surface area contributed by atoms with E-state index in [2.05, 4.69) is 4.98 Å². The molecule has 1 aromatic heterocycles. The molecule has 3 nitrogen and oxygen atoms in total. The Kier molecular flexibility index (Phi) is 2.39. The van der Waals surface area contributed by atoms with Crippen LogP contribution in [0.5, 0.6) is 0 Å². The molecule has 1 aromatic rings. The van der Waals surface area contributed by atoms with Crippen molar-refractivity contribution < 1.29 is 4.79 Å². The second-order valence-electron chi connectivity index (χ2n) is 7.25. The van der Waals surface area contributed by atoms with Crippen molar-refractivity contribution in [2.75, 3.05) is 0 Å². The fourth-order valence-corrected chi connectivity index (χ4v) is 6.41. The largest absolute Gasteiger partial charge is 0.369 e. The van der Waals surface area contributed by atoms with E-state index in [0.717, 1.165) is 37.5 Å². The van der Waals surface area contributed by atoms with E-state index in [9.17, 15) is 4.79 Å². The van der Waals surface area contributed by atoms with Crippen molar-refractivity contribution >= 4 is 17.2 Å². The SMILES string of the molecule is NC(=O)C12CC3CC(CC(Cc4cncs4)(C3)C1)C2. The minimum absolute atomic E-state index is 0.0321. The highest BCUT2D eigenvalue weighted by molar-refractivity contribution is 7.09. The van der Waals surface area contributed by atoms with Gasteiger partial charge < -0.3 is 5.73 Å². The van der Waals surface area contributed by atoms with E-state index in [-0.39, 0.29) is 11.3 Å². The van der Waals surface area contributed by atoms with Gasteiger partial charge in [0.15, 0.2) is 0 Å². The lowest BCUT2D eigenvalue weighted by atomic mass is 9.43. The van der Waals surface area contributed by atoms with Crippen molar-refractivity contribution in [1.82, 2.24) is 4.98 Å². The second-order valence-corrected chi connectivity index (χ2v) is 8.22. The van der Waals surface area contributed by atoms with Crippen LogP contribution in [0.2, 0.25) is 0 Å². The van der Waals surface area contributed by atoms with Gasteiger partial charge in [-0.25, -0.2) is 0 Å². The van der Waals surface area contributed by atoms with Crippen LogP contribution in [0.4, 0.5) is 0 Å². The molecule has 4 aliphatic carbocycles. The van der Waals surface area contributed by atoms with E-state index >= 15 is 0 Å². The zero-order chi connectivity index (χ0) is 13.1. The Labute approximate surface area is 117 Å². The maximum atomic E-state index is 12.0. The molecule has 4 saturated carbocycles. The van der Waals surface area contributed by atoms with Gasteiger partial charge in [-0.1, -0.05) is 0 Å².